The molecule has 0 aromatic heterocycles. The van der Waals surface area contributed by atoms with E-state index in [1.165, 1.54) is 0 Å². The van der Waals surface area contributed by atoms with Crippen molar-refractivity contribution in [2.75, 3.05) is 32.1 Å². The number of piperidine rings is 3. The summed E-state index contributed by atoms with van der Waals surface area (Å²) in [6.45, 7) is 4.21. The Morgan fingerprint density at radius 2 is 2.12 bits per heavy atom. The number of carbonyl (C=O) groups is 2. The van der Waals surface area contributed by atoms with Crippen molar-refractivity contribution >= 4 is 17.6 Å². The van der Waals surface area contributed by atoms with E-state index in [-0.39, 0.29) is 6.03 Å². The molecule has 2 bridgehead atoms. The van der Waals surface area contributed by atoms with Gasteiger partial charge in [0.2, 0.25) is 5.91 Å². The lowest BCUT2D eigenvalue weighted by Crippen LogP contribution is -2.61. The van der Waals surface area contributed by atoms with Crippen LogP contribution in [0.1, 0.15) is 31.2 Å². The van der Waals surface area contributed by atoms with Crippen molar-refractivity contribution in [1.82, 2.24) is 9.80 Å². The number of ether oxygens (including phenoxy) is 1. The number of carbonyl (C=O) groups excluding carboxylic acids is 2. The monoisotopic (exact) mass is 357 g/mol. The van der Waals surface area contributed by atoms with Gasteiger partial charge in [-0.1, -0.05) is 12.1 Å². The van der Waals surface area contributed by atoms with Crippen LogP contribution in [0.4, 0.5) is 10.5 Å². The second kappa shape index (κ2) is 6.82. The number of amides is 3. The van der Waals surface area contributed by atoms with Crippen LogP contribution in [0.3, 0.4) is 0 Å². The zero-order valence-electron chi connectivity index (χ0n) is 15.5. The SMILES string of the molecule is COc1cccc(C)c1NC(=O)N1CC2CC(C1)C1CCCC(=O)N1C2. The number of benzene rings is 1. The van der Waals surface area contributed by atoms with Gasteiger partial charge in [-0.05, 0) is 49.7 Å². The lowest BCUT2D eigenvalue weighted by Gasteiger charge is -2.52. The number of rotatable bonds is 2. The number of aryl methyl sites for hydroxylation is 1. The van der Waals surface area contributed by atoms with E-state index in [1.807, 2.05) is 30.0 Å². The van der Waals surface area contributed by atoms with Crippen LogP contribution in [0, 0.1) is 18.8 Å². The quantitative estimate of drug-likeness (QED) is 0.885. The maximum absolute atomic E-state index is 12.9. The minimum absolute atomic E-state index is 0.0668. The lowest BCUT2D eigenvalue weighted by atomic mass is 9.76. The molecule has 6 heteroatoms. The van der Waals surface area contributed by atoms with Gasteiger partial charge < -0.3 is 19.9 Å². The second-order valence-electron chi connectivity index (χ2n) is 7.85. The fraction of sp³-hybridized carbons (Fsp3) is 0.600. The Labute approximate surface area is 154 Å². The van der Waals surface area contributed by atoms with Gasteiger partial charge >= 0.3 is 6.03 Å². The van der Waals surface area contributed by atoms with E-state index in [4.69, 9.17) is 4.74 Å². The third-order valence-corrected chi connectivity index (χ3v) is 6.15. The van der Waals surface area contributed by atoms with Gasteiger partial charge in [-0.25, -0.2) is 4.79 Å². The Morgan fingerprint density at radius 3 is 2.92 bits per heavy atom. The topological polar surface area (TPSA) is 61.9 Å². The normalized spacial score (nSPS) is 27.8. The molecule has 3 unspecified atom stereocenters. The molecule has 1 N–H and O–H groups in total. The van der Waals surface area contributed by atoms with Gasteiger partial charge in [-0.15, -0.1) is 0 Å². The van der Waals surface area contributed by atoms with Crippen molar-refractivity contribution in [2.24, 2.45) is 11.8 Å². The molecule has 0 aliphatic carbocycles. The largest absolute Gasteiger partial charge is 0.495 e. The fourth-order valence-electron chi connectivity index (χ4n) is 4.93. The highest BCUT2D eigenvalue weighted by Gasteiger charge is 2.44. The average Bonchev–Trinajstić information content (AvgIpc) is 2.64. The van der Waals surface area contributed by atoms with E-state index in [1.54, 1.807) is 7.11 Å². The summed E-state index contributed by atoms with van der Waals surface area (Å²) in [4.78, 5) is 29.2. The number of urea groups is 1. The van der Waals surface area contributed by atoms with Gasteiger partial charge in [0.15, 0.2) is 0 Å². The number of anilines is 1. The molecule has 3 aliphatic rings. The Hall–Kier alpha value is -2.24. The summed E-state index contributed by atoms with van der Waals surface area (Å²) in [5.41, 5.74) is 1.73. The van der Waals surface area contributed by atoms with Crippen molar-refractivity contribution in [3.8, 4) is 5.75 Å². The van der Waals surface area contributed by atoms with E-state index in [2.05, 4.69) is 10.2 Å². The van der Waals surface area contributed by atoms with Crippen molar-refractivity contribution in [1.29, 1.82) is 0 Å². The summed E-state index contributed by atoms with van der Waals surface area (Å²) >= 11 is 0. The smallest absolute Gasteiger partial charge is 0.321 e. The highest BCUT2D eigenvalue weighted by Crippen LogP contribution is 2.38. The van der Waals surface area contributed by atoms with E-state index >= 15 is 0 Å². The van der Waals surface area contributed by atoms with Gasteiger partial charge in [0.25, 0.3) is 0 Å². The minimum atomic E-state index is -0.0668. The lowest BCUT2D eigenvalue weighted by molar-refractivity contribution is -0.144. The number of methoxy groups -OCH3 is 1. The summed E-state index contributed by atoms with van der Waals surface area (Å²) in [6.07, 6.45) is 3.87. The first-order valence-corrected chi connectivity index (χ1v) is 9.56. The number of hydrogen-bond donors (Lipinski definition) is 1. The highest BCUT2D eigenvalue weighted by atomic mass is 16.5. The maximum atomic E-state index is 12.9. The Morgan fingerprint density at radius 1 is 1.27 bits per heavy atom. The van der Waals surface area contributed by atoms with E-state index in [0.29, 0.717) is 42.5 Å². The van der Waals surface area contributed by atoms with Crippen molar-refractivity contribution in [2.45, 2.75) is 38.6 Å². The molecule has 4 rings (SSSR count). The number of para-hydroxylation sites is 1. The van der Waals surface area contributed by atoms with Crippen molar-refractivity contribution in [3.05, 3.63) is 23.8 Å². The molecule has 140 valence electrons. The van der Waals surface area contributed by atoms with Crippen LogP contribution in [0.25, 0.3) is 0 Å². The third kappa shape index (κ3) is 3.02. The highest BCUT2D eigenvalue weighted by molar-refractivity contribution is 5.92. The van der Waals surface area contributed by atoms with E-state index in [0.717, 1.165) is 43.6 Å². The molecule has 3 fully saturated rings. The number of fused-ring (bicyclic) bond motifs is 4. The average molecular weight is 357 g/mol. The Balaban J connectivity index is 1.48. The third-order valence-electron chi connectivity index (χ3n) is 6.15. The number of likely N-dealkylation sites (tertiary alicyclic amines) is 1. The summed E-state index contributed by atoms with van der Waals surface area (Å²) < 4.78 is 5.39. The Bertz CT molecular complexity index is 720. The molecule has 3 heterocycles. The zero-order valence-corrected chi connectivity index (χ0v) is 15.5. The molecule has 3 atom stereocenters. The first-order valence-electron chi connectivity index (χ1n) is 9.56. The van der Waals surface area contributed by atoms with E-state index < -0.39 is 0 Å². The van der Waals surface area contributed by atoms with Gasteiger partial charge in [-0.2, -0.15) is 0 Å². The molecule has 3 amide bonds. The van der Waals surface area contributed by atoms with Crippen LogP contribution in [-0.2, 0) is 4.79 Å². The van der Waals surface area contributed by atoms with Crippen LogP contribution in [0.2, 0.25) is 0 Å². The van der Waals surface area contributed by atoms with Gasteiger partial charge in [0, 0.05) is 32.1 Å². The van der Waals surface area contributed by atoms with Crippen LogP contribution in [-0.4, -0.2) is 54.5 Å². The van der Waals surface area contributed by atoms with Crippen LogP contribution in [0.5, 0.6) is 5.75 Å². The molecule has 3 saturated heterocycles. The molecule has 3 aliphatic heterocycles. The predicted molar refractivity (Wildman–Crippen MR) is 99.3 cm³/mol. The van der Waals surface area contributed by atoms with Crippen molar-refractivity contribution in [3.63, 3.8) is 0 Å². The fourth-order valence-corrected chi connectivity index (χ4v) is 4.93. The molecule has 1 aromatic carbocycles. The first-order chi connectivity index (χ1) is 12.6. The molecule has 0 spiro atoms. The maximum Gasteiger partial charge on any atom is 0.321 e. The minimum Gasteiger partial charge on any atom is -0.495 e. The number of nitrogens with one attached hydrogen (secondary N) is 1. The number of hydrogen-bond acceptors (Lipinski definition) is 3. The summed E-state index contributed by atoms with van der Waals surface area (Å²) in [5.74, 6) is 1.77. The predicted octanol–water partition coefficient (Wildman–Crippen LogP) is 2.87. The summed E-state index contributed by atoms with van der Waals surface area (Å²) in [6, 6.07) is 6.00. The first kappa shape index (κ1) is 17.2. The second-order valence-corrected chi connectivity index (χ2v) is 7.85. The molecule has 0 radical (unpaired) electrons. The van der Waals surface area contributed by atoms with Crippen LogP contribution < -0.4 is 10.1 Å². The molecule has 6 nitrogen and oxygen atoms in total. The van der Waals surface area contributed by atoms with E-state index in [9.17, 15) is 9.59 Å². The molecular weight excluding hydrogens is 330 g/mol. The zero-order chi connectivity index (χ0) is 18.3. The van der Waals surface area contributed by atoms with Gasteiger partial charge in [-0.3, -0.25) is 4.79 Å². The molecule has 1 aromatic rings. The number of nitrogens with zero attached hydrogens (tertiary/aromatic N) is 2. The van der Waals surface area contributed by atoms with Gasteiger partial charge in [0.05, 0.1) is 12.8 Å². The summed E-state index contributed by atoms with van der Waals surface area (Å²) in [7, 11) is 1.62. The molecular formula is C20H27N3O3. The molecule has 26 heavy (non-hydrogen) atoms. The van der Waals surface area contributed by atoms with Crippen LogP contribution >= 0.6 is 0 Å². The van der Waals surface area contributed by atoms with Gasteiger partial charge in [0.1, 0.15) is 5.75 Å². The van der Waals surface area contributed by atoms with Crippen molar-refractivity contribution < 1.29 is 14.3 Å². The summed E-state index contributed by atoms with van der Waals surface area (Å²) in [5, 5.41) is 3.05. The standard InChI is InChI=1S/C20H27N3O3/c1-13-5-3-7-17(26-2)19(13)21-20(25)22-10-14-9-15(12-22)16-6-4-8-18(24)23(16)11-14/h3,5,7,14-16H,4,6,8-12H2,1-2H3,(H,21,25). The van der Waals surface area contributed by atoms with Crippen LogP contribution in [0.15, 0.2) is 18.2 Å². The molecule has 0 saturated carbocycles. The Kier molecular flexibility index (Phi) is 4.51.